The van der Waals surface area contributed by atoms with Crippen LogP contribution in [0.5, 0.6) is 0 Å². The average Bonchev–Trinajstić information content (AvgIpc) is 2.24. The van der Waals surface area contributed by atoms with Gasteiger partial charge in [0.1, 0.15) is 0 Å². The highest BCUT2D eigenvalue weighted by atomic mass is 32.2. The van der Waals surface area contributed by atoms with E-state index < -0.39 is 27.8 Å². The predicted octanol–water partition coefficient (Wildman–Crippen LogP) is -2.23. The Kier molecular flexibility index (Phi) is 2.89. The van der Waals surface area contributed by atoms with Crippen LogP contribution in [0.15, 0.2) is 0 Å². The normalized spacial score (nSPS) is 31.5. The smallest absolute Gasteiger partial charge is 0.234 e. The highest BCUT2D eigenvalue weighted by Crippen LogP contribution is 2.21. The zero-order valence-electron chi connectivity index (χ0n) is 6.93. The van der Waals surface area contributed by atoms with Gasteiger partial charge in [0.05, 0.1) is 17.6 Å². The van der Waals surface area contributed by atoms with Gasteiger partial charge in [-0.1, -0.05) is 0 Å². The molecule has 1 aliphatic heterocycles. The van der Waals surface area contributed by atoms with Crippen LogP contribution in [0.4, 0.5) is 0 Å². The van der Waals surface area contributed by atoms with Crippen molar-refractivity contribution in [2.45, 2.75) is 12.5 Å². The minimum absolute atomic E-state index is 0.0447. The van der Waals surface area contributed by atoms with E-state index >= 15 is 0 Å². The molecule has 1 saturated heterocycles. The van der Waals surface area contributed by atoms with Crippen molar-refractivity contribution in [3.8, 4) is 0 Å². The van der Waals surface area contributed by atoms with E-state index in [2.05, 4.69) is 0 Å². The first-order valence-electron chi connectivity index (χ1n) is 3.82. The average molecular weight is 208 g/mol. The Labute approximate surface area is 76.0 Å². The van der Waals surface area contributed by atoms with Crippen molar-refractivity contribution in [2.24, 2.45) is 11.8 Å². The van der Waals surface area contributed by atoms with Crippen molar-refractivity contribution in [3.05, 3.63) is 0 Å². The van der Waals surface area contributed by atoms with Crippen LogP contribution in [-0.4, -0.2) is 37.0 Å². The van der Waals surface area contributed by atoms with Crippen LogP contribution in [0.25, 0.3) is 0 Å². The van der Waals surface area contributed by atoms with Crippen LogP contribution >= 0.6 is 0 Å². The van der Waals surface area contributed by atoms with Crippen LogP contribution in [0.2, 0.25) is 0 Å². The summed E-state index contributed by atoms with van der Waals surface area (Å²) in [4.78, 5) is 10.8. The van der Waals surface area contributed by atoms with Gasteiger partial charge in [0.25, 0.3) is 0 Å². The molecule has 4 N–H and O–H groups in total. The monoisotopic (exact) mass is 208 g/mol. The zero-order valence-corrected chi connectivity index (χ0v) is 7.75. The number of nitrogens with two attached hydrogens (primary N) is 1. The summed E-state index contributed by atoms with van der Waals surface area (Å²) in [7, 11) is -3.17. The van der Waals surface area contributed by atoms with E-state index in [1.807, 2.05) is 5.43 Å². The molecule has 2 atom stereocenters. The van der Waals surface area contributed by atoms with E-state index in [1.165, 1.54) is 0 Å². The molecular weight excluding hydrogens is 196 g/mol. The van der Waals surface area contributed by atoms with E-state index in [1.54, 1.807) is 0 Å². The zero-order chi connectivity index (χ0) is 10.1. The number of carbonyl (C=O) groups excluding carboxylic acids is 1. The predicted molar refractivity (Wildman–Crippen MR) is 45.1 cm³/mol. The SMILES string of the molecule is NNC(=O)C[C@@H]1CS(=O)(=O)C[C@H]1O. The Bertz CT molecular complexity index is 300. The van der Waals surface area contributed by atoms with Crippen molar-refractivity contribution in [1.82, 2.24) is 5.43 Å². The van der Waals surface area contributed by atoms with Gasteiger partial charge in [-0.25, -0.2) is 14.3 Å². The molecule has 76 valence electrons. The molecule has 1 fully saturated rings. The third-order valence-electron chi connectivity index (χ3n) is 2.05. The third kappa shape index (κ3) is 2.64. The molecule has 7 heteroatoms. The minimum Gasteiger partial charge on any atom is -0.392 e. The van der Waals surface area contributed by atoms with Crippen LogP contribution in [0, 0.1) is 5.92 Å². The summed E-state index contributed by atoms with van der Waals surface area (Å²) in [5, 5.41) is 9.27. The molecular formula is C6H12N2O4S. The fraction of sp³-hybridized carbons (Fsp3) is 0.833. The molecule has 1 rings (SSSR count). The van der Waals surface area contributed by atoms with E-state index in [0.29, 0.717) is 0 Å². The van der Waals surface area contributed by atoms with Gasteiger partial charge in [-0.2, -0.15) is 0 Å². The number of hydrogen-bond donors (Lipinski definition) is 3. The van der Waals surface area contributed by atoms with Gasteiger partial charge >= 0.3 is 0 Å². The summed E-state index contributed by atoms with van der Waals surface area (Å²) >= 11 is 0. The second-order valence-electron chi connectivity index (χ2n) is 3.18. The first kappa shape index (κ1) is 10.4. The molecule has 1 aliphatic rings. The molecule has 0 aromatic heterocycles. The highest BCUT2D eigenvalue weighted by Gasteiger charge is 2.37. The number of amides is 1. The van der Waals surface area contributed by atoms with E-state index in [0.717, 1.165) is 0 Å². The first-order valence-corrected chi connectivity index (χ1v) is 5.64. The first-order chi connectivity index (χ1) is 5.94. The number of aliphatic hydroxyl groups is 1. The largest absolute Gasteiger partial charge is 0.392 e. The number of hydrogen-bond acceptors (Lipinski definition) is 5. The molecule has 1 heterocycles. The Morgan fingerprint density at radius 3 is 2.54 bits per heavy atom. The molecule has 0 aromatic rings. The van der Waals surface area contributed by atoms with Gasteiger partial charge in [0, 0.05) is 12.3 Å². The molecule has 0 aromatic carbocycles. The van der Waals surface area contributed by atoms with Crippen LogP contribution in [0.3, 0.4) is 0 Å². The van der Waals surface area contributed by atoms with Gasteiger partial charge in [0.2, 0.25) is 5.91 Å². The Balaban J connectivity index is 2.59. The Morgan fingerprint density at radius 1 is 1.54 bits per heavy atom. The molecule has 13 heavy (non-hydrogen) atoms. The maximum Gasteiger partial charge on any atom is 0.234 e. The number of carbonyl (C=O) groups is 1. The lowest BCUT2D eigenvalue weighted by Gasteiger charge is -2.10. The molecule has 1 amide bonds. The summed E-state index contributed by atoms with van der Waals surface area (Å²) in [6.45, 7) is 0. The van der Waals surface area contributed by atoms with Gasteiger partial charge in [-0.05, 0) is 0 Å². The topological polar surface area (TPSA) is 109 Å². The lowest BCUT2D eigenvalue weighted by atomic mass is 10.0. The summed E-state index contributed by atoms with van der Waals surface area (Å²) in [6.07, 6.45) is -0.987. The molecule has 0 saturated carbocycles. The van der Waals surface area contributed by atoms with Gasteiger partial charge in [-0.15, -0.1) is 0 Å². The summed E-state index contributed by atoms with van der Waals surface area (Å²) < 4.78 is 22.0. The van der Waals surface area contributed by atoms with Crippen LogP contribution in [-0.2, 0) is 14.6 Å². The number of aliphatic hydroxyl groups excluding tert-OH is 1. The number of hydrazine groups is 1. The quantitative estimate of drug-likeness (QED) is 0.270. The standard InChI is InChI=1S/C6H12N2O4S/c7-8-6(10)1-4-2-13(11,12)3-5(4)9/h4-5,9H,1-3,7H2,(H,8,10)/t4-,5-/m1/s1. The lowest BCUT2D eigenvalue weighted by Crippen LogP contribution is -2.33. The molecule has 0 bridgehead atoms. The van der Waals surface area contributed by atoms with Gasteiger partial charge in [-0.3, -0.25) is 10.2 Å². The maximum absolute atomic E-state index is 11.0. The summed E-state index contributed by atoms with van der Waals surface area (Å²) in [6, 6.07) is 0. The Morgan fingerprint density at radius 2 is 2.15 bits per heavy atom. The van der Waals surface area contributed by atoms with E-state index in [4.69, 9.17) is 5.84 Å². The molecule has 0 aliphatic carbocycles. The molecule has 0 spiro atoms. The third-order valence-corrected chi connectivity index (χ3v) is 3.83. The van der Waals surface area contributed by atoms with E-state index in [-0.39, 0.29) is 17.9 Å². The van der Waals surface area contributed by atoms with Crippen LogP contribution < -0.4 is 11.3 Å². The molecule has 0 radical (unpaired) electrons. The van der Waals surface area contributed by atoms with Gasteiger partial charge < -0.3 is 5.11 Å². The maximum atomic E-state index is 11.0. The van der Waals surface area contributed by atoms with Crippen molar-refractivity contribution < 1.29 is 18.3 Å². The molecule has 0 unspecified atom stereocenters. The minimum atomic E-state index is -3.17. The van der Waals surface area contributed by atoms with Crippen molar-refractivity contribution in [2.75, 3.05) is 11.5 Å². The van der Waals surface area contributed by atoms with Crippen molar-refractivity contribution in [3.63, 3.8) is 0 Å². The fourth-order valence-electron chi connectivity index (χ4n) is 1.39. The second kappa shape index (κ2) is 3.60. The van der Waals surface area contributed by atoms with Crippen LogP contribution in [0.1, 0.15) is 6.42 Å². The summed E-state index contributed by atoms with van der Waals surface area (Å²) in [5.74, 6) is 3.46. The number of rotatable bonds is 2. The fourth-order valence-corrected chi connectivity index (χ4v) is 3.31. The number of nitrogens with one attached hydrogen (secondary N) is 1. The second-order valence-corrected chi connectivity index (χ2v) is 5.33. The summed E-state index contributed by atoms with van der Waals surface area (Å²) in [5.41, 5.74) is 1.89. The Hall–Kier alpha value is -0.660. The lowest BCUT2D eigenvalue weighted by molar-refractivity contribution is -0.122. The number of sulfone groups is 1. The van der Waals surface area contributed by atoms with Crippen molar-refractivity contribution in [1.29, 1.82) is 0 Å². The van der Waals surface area contributed by atoms with Crippen molar-refractivity contribution >= 4 is 15.7 Å². The highest BCUT2D eigenvalue weighted by molar-refractivity contribution is 7.91. The van der Waals surface area contributed by atoms with E-state index in [9.17, 15) is 18.3 Å². The van der Waals surface area contributed by atoms with Gasteiger partial charge in [0.15, 0.2) is 9.84 Å². The molecule has 6 nitrogen and oxygen atoms in total.